The van der Waals surface area contributed by atoms with Gasteiger partial charge in [0.15, 0.2) is 0 Å². The van der Waals surface area contributed by atoms with Crippen molar-refractivity contribution in [2.45, 2.75) is 79.1 Å². The summed E-state index contributed by atoms with van der Waals surface area (Å²) in [6, 6.07) is 13.6. The Morgan fingerprint density at radius 2 is 1.07 bits per heavy atom. The molecule has 0 amide bonds. The van der Waals surface area contributed by atoms with Gasteiger partial charge in [0.1, 0.15) is 0 Å². The van der Waals surface area contributed by atoms with Crippen molar-refractivity contribution in [2.24, 2.45) is 0 Å². The van der Waals surface area contributed by atoms with Crippen molar-refractivity contribution in [3.8, 4) is 11.4 Å². The Morgan fingerprint density at radius 3 is 1.47 bits per heavy atom. The number of aromatic nitrogens is 2. The number of nitrogens with zero attached hydrogens (tertiary/aromatic N) is 2. The van der Waals surface area contributed by atoms with E-state index in [-0.39, 0.29) is 0 Å². The van der Waals surface area contributed by atoms with Crippen LogP contribution in [0.2, 0.25) is 0 Å². The summed E-state index contributed by atoms with van der Waals surface area (Å²) in [5, 5.41) is 0. The first-order chi connectivity index (χ1) is 14.1. The van der Waals surface area contributed by atoms with Crippen LogP contribution >= 0.6 is 0 Å². The summed E-state index contributed by atoms with van der Waals surface area (Å²) in [6.45, 7) is 18.4. The van der Waals surface area contributed by atoms with Gasteiger partial charge in [-0.1, -0.05) is 0 Å². The molecule has 0 atom stereocenters. The molecule has 0 aliphatic rings. The second-order valence-electron chi connectivity index (χ2n) is 9.59. The van der Waals surface area contributed by atoms with Crippen LogP contribution in [0, 0.1) is 0 Å². The first-order valence-electron chi connectivity index (χ1n) is 11.3. The molecular formula is C27H37GeN2+. The third kappa shape index (κ3) is 4.16. The van der Waals surface area contributed by atoms with Crippen LogP contribution in [-0.4, -0.2) is 21.1 Å². The van der Waals surface area contributed by atoms with E-state index >= 15 is 0 Å². The molecule has 0 N–H and O–H groups in total. The van der Waals surface area contributed by atoms with Crippen LogP contribution in [0.15, 0.2) is 48.8 Å². The SMILES string of the molecule is CC(C)c1cccc(C(C)C)c1-n1cc[n+](-c2c(C(C)C)cccc2C(C)C)[c]1[GeH]. The van der Waals surface area contributed by atoms with Crippen LogP contribution in [0.4, 0.5) is 0 Å². The molecule has 0 saturated carbocycles. The topological polar surface area (TPSA) is 8.81 Å². The fourth-order valence-corrected chi connectivity index (χ4v) is 5.26. The molecule has 0 aliphatic carbocycles. The molecule has 158 valence electrons. The molecule has 3 heteroatoms. The molecule has 30 heavy (non-hydrogen) atoms. The number of rotatable bonds is 6. The second kappa shape index (κ2) is 9.13. The van der Waals surface area contributed by atoms with Gasteiger partial charge in [-0.05, 0) is 0 Å². The van der Waals surface area contributed by atoms with E-state index in [1.807, 2.05) is 0 Å². The molecule has 2 nitrogen and oxygen atoms in total. The third-order valence-corrected chi connectivity index (χ3v) is 7.19. The van der Waals surface area contributed by atoms with Gasteiger partial charge in [0.2, 0.25) is 0 Å². The minimum absolute atomic E-state index is 0.482. The number of para-hydroxylation sites is 2. The monoisotopic (exact) mass is 463 g/mol. The number of benzene rings is 2. The Bertz CT molecular complexity index is 892. The van der Waals surface area contributed by atoms with Crippen LogP contribution < -0.4 is 9.22 Å². The summed E-state index contributed by atoms with van der Waals surface area (Å²) in [4.78, 5) is 0. The summed E-state index contributed by atoms with van der Waals surface area (Å²) in [5.41, 5.74) is 8.42. The normalized spacial score (nSPS) is 12.0. The van der Waals surface area contributed by atoms with E-state index in [2.05, 4.69) is 113 Å². The van der Waals surface area contributed by atoms with Crippen LogP contribution in [0.3, 0.4) is 0 Å². The van der Waals surface area contributed by atoms with Gasteiger partial charge in [0.05, 0.1) is 0 Å². The van der Waals surface area contributed by atoms with Crippen molar-refractivity contribution < 1.29 is 4.57 Å². The average Bonchev–Trinajstić information content (AvgIpc) is 3.07. The van der Waals surface area contributed by atoms with Gasteiger partial charge in [-0.2, -0.15) is 0 Å². The summed E-state index contributed by atoms with van der Waals surface area (Å²) in [7, 11) is 0. The van der Waals surface area contributed by atoms with Crippen LogP contribution in [0.25, 0.3) is 11.4 Å². The Hall–Kier alpha value is -1.81. The van der Waals surface area contributed by atoms with E-state index in [0.29, 0.717) is 23.7 Å². The van der Waals surface area contributed by atoms with E-state index in [4.69, 9.17) is 0 Å². The maximum absolute atomic E-state index is 2.44. The van der Waals surface area contributed by atoms with E-state index in [9.17, 15) is 0 Å². The van der Waals surface area contributed by atoms with Gasteiger partial charge >= 0.3 is 192 Å². The van der Waals surface area contributed by atoms with Gasteiger partial charge in [0.25, 0.3) is 0 Å². The van der Waals surface area contributed by atoms with Crippen molar-refractivity contribution in [1.82, 2.24) is 4.57 Å². The molecule has 0 fully saturated rings. The molecule has 0 saturated heterocycles. The predicted molar refractivity (Wildman–Crippen MR) is 130 cm³/mol. The maximum atomic E-state index is 2.44. The molecule has 0 unspecified atom stereocenters. The van der Waals surface area contributed by atoms with Crippen molar-refractivity contribution in [1.29, 1.82) is 0 Å². The number of hydrogen-bond donors (Lipinski definition) is 0. The summed E-state index contributed by atoms with van der Waals surface area (Å²) in [6.07, 6.45) is 4.54. The van der Waals surface area contributed by atoms with Crippen molar-refractivity contribution >= 4 is 21.2 Å². The Kier molecular flexibility index (Phi) is 6.96. The fourth-order valence-electron chi connectivity index (χ4n) is 4.36. The van der Waals surface area contributed by atoms with Crippen LogP contribution in [-0.2, 0) is 0 Å². The molecular weight excluding hydrogens is 425 g/mol. The van der Waals surface area contributed by atoms with E-state index in [1.165, 1.54) is 38.3 Å². The van der Waals surface area contributed by atoms with Crippen molar-refractivity contribution in [3.05, 3.63) is 71.0 Å². The molecule has 2 radical (unpaired) electrons. The molecule has 2 aromatic carbocycles. The van der Waals surface area contributed by atoms with Crippen molar-refractivity contribution in [3.63, 3.8) is 0 Å². The van der Waals surface area contributed by atoms with Gasteiger partial charge in [0, 0.05) is 0 Å². The Morgan fingerprint density at radius 1 is 0.667 bits per heavy atom. The summed E-state index contributed by atoms with van der Waals surface area (Å²) >= 11 is 1.68. The third-order valence-electron chi connectivity index (χ3n) is 6.03. The first kappa shape index (κ1) is 22.9. The van der Waals surface area contributed by atoms with E-state index < -0.39 is 0 Å². The number of hydrogen-bond acceptors (Lipinski definition) is 0. The van der Waals surface area contributed by atoms with E-state index in [1.54, 1.807) is 16.5 Å². The van der Waals surface area contributed by atoms with Gasteiger partial charge < -0.3 is 0 Å². The second-order valence-corrected chi connectivity index (χ2v) is 10.7. The Labute approximate surface area is 191 Å². The molecule has 3 aromatic rings. The Balaban J connectivity index is 2.32. The van der Waals surface area contributed by atoms with Gasteiger partial charge in [-0.3, -0.25) is 0 Å². The zero-order valence-corrected chi connectivity index (χ0v) is 22.3. The molecule has 0 aliphatic heterocycles. The molecule has 1 heterocycles. The molecule has 1 aromatic heterocycles. The van der Waals surface area contributed by atoms with Crippen LogP contribution in [0.5, 0.6) is 0 Å². The fraction of sp³-hybridized carbons (Fsp3) is 0.444. The first-order valence-corrected chi connectivity index (χ1v) is 12.5. The molecule has 0 bridgehead atoms. The van der Waals surface area contributed by atoms with Crippen LogP contribution in [0.1, 0.15) is 101 Å². The minimum atomic E-state index is 0.482. The molecule has 3 rings (SSSR count). The predicted octanol–water partition coefficient (Wildman–Crippen LogP) is 5.77. The van der Waals surface area contributed by atoms with Gasteiger partial charge in [-0.15, -0.1) is 0 Å². The zero-order valence-electron chi connectivity index (χ0n) is 19.9. The summed E-state index contributed by atoms with van der Waals surface area (Å²) in [5.74, 6) is 1.93. The average molecular weight is 462 g/mol. The zero-order chi connectivity index (χ0) is 22.2. The standard InChI is InChI=1S/C27H37GeN2/c1-17(2)21-11-9-12-22(18(3)4)25(21)29-15-16-30(27(29)28)26-23(19(5)6)13-10-14-24(26)20(7)8/h9-20,28H,1-8H3/q+1. The number of imidazole rings is 1. The molecule has 0 spiro atoms. The summed E-state index contributed by atoms with van der Waals surface area (Å²) < 4.78 is 6.19. The van der Waals surface area contributed by atoms with Gasteiger partial charge in [-0.25, -0.2) is 0 Å². The van der Waals surface area contributed by atoms with Crippen molar-refractivity contribution in [2.75, 3.05) is 0 Å². The van der Waals surface area contributed by atoms with E-state index in [0.717, 1.165) is 0 Å². The quantitative estimate of drug-likeness (QED) is 0.325.